The number of nitrogens with zero attached hydrogens (tertiary/aromatic N) is 3. The smallest absolute Gasteiger partial charge is 0.411 e. The van der Waals surface area contributed by atoms with Gasteiger partial charge in [-0.3, -0.25) is 9.59 Å². The summed E-state index contributed by atoms with van der Waals surface area (Å²) in [6, 6.07) is 10.5. The van der Waals surface area contributed by atoms with Crippen molar-refractivity contribution in [2.45, 2.75) is 18.3 Å². The summed E-state index contributed by atoms with van der Waals surface area (Å²) in [5, 5.41) is 9.90. The van der Waals surface area contributed by atoms with Crippen LogP contribution in [0.4, 0.5) is 18.9 Å². The first-order chi connectivity index (χ1) is 15.5. The van der Waals surface area contributed by atoms with Crippen LogP contribution in [0.2, 0.25) is 5.02 Å². The van der Waals surface area contributed by atoms with Gasteiger partial charge in [0.25, 0.3) is 5.22 Å². The Hall–Kier alpha value is -3.05. The van der Waals surface area contributed by atoms with Crippen molar-refractivity contribution < 1.29 is 27.2 Å². The van der Waals surface area contributed by atoms with Gasteiger partial charge < -0.3 is 14.6 Å². The molecule has 7 nitrogen and oxygen atoms in total. The number of aromatic nitrogens is 2. The molecule has 0 bridgehead atoms. The summed E-state index contributed by atoms with van der Waals surface area (Å²) in [5.74, 6) is -0.816. The molecule has 0 aliphatic rings. The van der Waals surface area contributed by atoms with Crippen molar-refractivity contribution in [2.75, 3.05) is 24.7 Å². The maximum atomic E-state index is 13.0. The highest BCUT2D eigenvalue weighted by Gasteiger charge is 2.33. The minimum Gasteiger partial charge on any atom is -0.411 e. The molecule has 12 heteroatoms. The van der Waals surface area contributed by atoms with E-state index >= 15 is 0 Å². The number of likely N-dealkylation sites (N-methyl/N-ethyl adjacent to an activating group) is 1. The van der Waals surface area contributed by atoms with Gasteiger partial charge in [-0.2, -0.15) is 13.2 Å². The molecular weight excluding hydrogens is 481 g/mol. The molecular formula is C21H18ClF3N4O3S. The predicted octanol–water partition coefficient (Wildman–Crippen LogP) is 4.91. The Kier molecular flexibility index (Phi) is 7.65. The first-order valence-electron chi connectivity index (χ1n) is 9.47. The summed E-state index contributed by atoms with van der Waals surface area (Å²) in [5.41, 5.74) is 0.641. The van der Waals surface area contributed by atoms with Crippen molar-refractivity contribution in [1.29, 1.82) is 0 Å². The molecule has 0 radical (unpaired) electrons. The lowest BCUT2D eigenvalue weighted by molar-refractivity contribution is -0.137. The van der Waals surface area contributed by atoms with E-state index in [2.05, 4.69) is 15.5 Å². The fourth-order valence-corrected chi connectivity index (χ4v) is 3.65. The molecule has 2 amide bonds. The summed E-state index contributed by atoms with van der Waals surface area (Å²) in [6.07, 6.45) is -4.66. The number of carbonyl (C=O) groups is 2. The van der Waals surface area contributed by atoms with Crippen molar-refractivity contribution in [2.24, 2.45) is 0 Å². The molecule has 174 valence electrons. The summed E-state index contributed by atoms with van der Waals surface area (Å²) >= 11 is 6.58. The average Bonchev–Trinajstić information content (AvgIpc) is 3.21. The van der Waals surface area contributed by atoms with Crippen LogP contribution >= 0.6 is 23.4 Å². The van der Waals surface area contributed by atoms with E-state index in [-0.39, 0.29) is 23.2 Å². The van der Waals surface area contributed by atoms with Gasteiger partial charge >= 0.3 is 6.18 Å². The molecule has 0 fully saturated rings. The van der Waals surface area contributed by atoms with Gasteiger partial charge in [-0.05, 0) is 37.3 Å². The highest BCUT2D eigenvalue weighted by Crippen LogP contribution is 2.36. The fourth-order valence-electron chi connectivity index (χ4n) is 2.72. The normalized spacial score (nSPS) is 11.3. The number of anilines is 1. The standard InChI is InChI=1S/C21H18ClF3N4O3S/c1-12-4-3-5-13(8-12)19-27-28-20(32-19)33-11-18(31)29(2)10-17(30)26-14-6-7-16(22)15(9-14)21(23,24)25/h3-9H,10-11H2,1-2H3,(H,26,30). The van der Waals surface area contributed by atoms with Crippen molar-refractivity contribution >= 4 is 40.9 Å². The Bertz CT molecular complexity index is 1170. The number of amides is 2. The monoisotopic (exact) mass is 498 g/mol. The third kappa shape index (κ3) is 6.72. The van der Waals surface area contributed by atoms with Crippen LogP contribution in [0.25, 0.3) is 11.5 Å². The Morgan fingerprint density at radius 2 is 1.94 bits per heavy atom. The van der Waals surface area contributed by atoms with Crippen LogP contribution in [0, 0.1) is 6.92 Å². The molecule has 1 heterocycles. The summed E-state index contributed by atoms with van der Waals surface area (Å²) in [7, 11) is 1.40. The van der Waals surface area contributed by atoms with E-state index in [1.54, 1.807) is 0 Å². The molecule has 0 atom stereocenters. The summed E-state index contributed by atoms with van der Waals surface area (Å²) < 4.78 is 44.4. The molecule has 3 rings (SSSR count). The number of benzene rings is 2. The van der Waals surface area contributed by atoms with Crippen molar-refractivity contribution in [3.05, 3.63) is 58.6 Å². The lowest BCUT2D eigenvalue weighted by Crippen LogP contribution is -2.36. The number of hydrogen-bond acceptors (Lipinski definition) is 6. The van der Waals surface area contributed by atoms with Crippen LogP contribution in [0.5, 0.6) is 0 Å². The molecule has 1 aromatic heterocycles. The molecule has 0 saturated carbocycles. The van der Waals surface area contributed by atoms with E-state index in [4.69, 9.17) is 16.0 Å². The van der Waals surface area contributed by atoms with Crippen LogP contribution in [0.3, 0.4) is 0 Å². The second kappa shape index (κ2) is 10.3. The zero-order chi connectivity index (χ0) is 24.2. The van der Waals surface area contributed by atoms with Crippen LogP contribution in [-0.2, 0) is 15.8 Å². The third-order valence-corrected chi connectivity index (χ3v) is 5.49. The summed E-state index contributed by atoms with van der Waals surface area (Å²) in [6.45, 7) is 1.57. The number of hydrogen-bond donors (Lipinski definition) is 1. The SMILES string of the molecule is Cc1cccc(-c2nnc(SCC(=O)N(C)CC(=O)Nc3ccc(Cl)c(C(F)(F)F)c3)o2)c1. The zero-order valence-corrected chi connectivity index (χ0v) is 19.0. The predicted molar refractivity (Wildman–Crippen MR) is 118 cm³/mol. The highest BCUT2D eigenvalue weighted by molar-refractivity contribution is 7.99. The first-order valence-corrected chi connectivity index (χ1v) is 10.8. The van der Waals surface area contributed by atoms with Gasteiger partial charge in [0, 0.05) is 18.3 Å². The van der Waals surface area contributed by atoms with Gasteiger partial charge in [-0.15, -0.1) is 10.2 Å². The molecule has 1 N–H and O–H groups in total. The molecule has 0 saturated heterocycles. The molecule has 0 unspecified atom stereocenters. The molecule has 2 aromatic carbocycles. The van der Waals surface area contributed by atoms with E-state index in [0.29, 0.717) is 5.89 Å². The Morgan fingerprint density at radius 3 is 2.64 bits per heavy atom. The molecule has 0 aliphatic heterocycles. The van der Waals surface area contributed by atoms with Crippen LogP contribution in [-0.4, -0.2) is 46.3 Å². The minimum absolute atomic E-state index is 0.0710. The number of nitrogens with one attached hydrogen (secondary N) is 1. The second-order valence-electron chi connectivity index (χ2n) is 7.02. The number of halogens is 4. The van der Waals surface area contributed by atoms with Gasteiger partial charge in [-0.25, -0.2) is 0 Å². The largest absolute Gasteiger partial charge is 0.417 e. The number of alkyl halides is 3. The van der Waals surface area contributed by atoms with E-state index in [1.807, 2.05) is 31.2 Å². The fraction of sp³-hybridized carbons (Fsp3) is 0.238. The minimum atomic E-state index is -4.66. The molecule has 0 spiro atoms. The van der Waals surface area contributed by atoms with Gasteiger partial charge in [0.2, 0.25) is 17.7 Å². The lowest BCUT2D eigenvalue weighted by atomic mass is 10.1. The van der Waals surface area contributed by atoms with Gasteiger partial charge in [0.15, 0.2) is 0 Å². The average molecular weight is 499 g/mol. The van der Waals surface area contributed by atoms with E-state index in [1.165, 1.54) is 13.1 Å². The van der Waals surface area contributed by atoms with Gasteiger partial charge in [0.05, 0.1) is 22.9 Å². The van der Waals surface area contributed by atoms with E-state index < -0.39 is 28.6 Å². The van der Waals surface area contributed by atoms with Crippen molar-refractivity contribution in [1.82, 2.24) is 15.1 Å². The van der Waals surface area contributed by atoms with Crippen molar-refractivity contribution in [3.63, 3.8) is 0 Å². The van der Waals surface area contributed by atoms with E-state index in [9.17, 15) is 22.8 Å². The van der Waals surface area contributed by atoms with Crippen LogP contribution in [0.1, 0.15) is 11.1 Å². The highest BCUT2D eigenvalue weighted by atomic mass is 35.5. The van der Waals surface area contributed by atoms with Gasteiger partial charge in [-0.1, -0.05) is 41.1 Å². The van der Waals surface area contributed by atoms with Crippen LogP contribution < -0.4 is 5.32 Å². The number of aryl methyl sites for hydroxylation is 1. The zero-order valence-electron chi connectivity index (χ0n) is 17.4. The second-order valence-corrected chi connectivity index (χ2v) is 8.36. The molecule has 3 aromatic rings. The van der Waals surface area contributed by atoms with E-state index in [0.717, 1.165) is 39.9 Å². The summed E-state index contributed by atoms with van der Waals surface area (Å²) in [4.78, 5) is 25.6. The number of carbonyl (C=O) groups excluding carboxylic acids is 2. The maximum absolute atomic E-state index is 13.0. The molecule has 0 aliphatic carbocycles. The van der Waals surface area contributed by atoms with Gasteiger partial charge in [0.1, 0.15) is 0 Å². The van der Waals surface area contributed by atoms with Crippen LogP contribution in [0.15, 0.2) is 52.1 Å². The quantitative estimate of drug-likeness (QED) is 0.466. The lowest BCUT2D eigenvalue weighted by Gasteiger charge is -2.17. The Balaban J connectivity index is 1.52. The Morgan fingerprint density at radius 1 is 1.18 bits per heavy atom. The maximum Gasteiger partial charge on any atom is 0.417 e. The number of thioether (sulfide) groups is 1. The number of rotatable bonds is 7. The first kappa shape index (κ1) is 24.6. The Labute approximate surface area is 196 Å². The van der Waals surface area contributed by atoms with Crippen molar-refractivity contribution in [3.8, 4) is 11.5 Å². The molecule has 33 heavy (non-hydrogen) atoms. The topological polar surface area (TPSA) is 88.3 Å². The third-order valence-electron chi connectivity index (χ3n) is 4.35.